The second-order valence-corrected chi connectivity index (χ2v) is 6.40. The maximum atomic E-state index is 12.4. The van der Waals surface area contributed by atoms with Crippen molar-refractivity contribution in [1.29, 1.82) is 0 Å². The lowest BCUT2D eigenvalue weighted by molar-refractivity contribution is -0.125. The Kier molecular flexibility index (Phi) is 7.56. The molecule has 0 aliphatic heterocycles. The molecule has 0 radical (unpaired) electrons. The summed E-state index contributed by atoms with van der Waals surface area (Å²) in [7, 11) is 3.78. The van der Waals surface area contributed by atoms with Gasteiger partial charge in [0.1, 0.15) is 0 Å². The van der Waals surface area contributed by atoms with E-state index in [0.29, 0.717) is 6.54 Å². The predicted molar refractivity (Wildman–Crippen MR) is 91.2 cm³/mol. The molecule has 22 heavy (non-hydrogen) atoms. The largest absolute Gasteiger partial charge is 0.385 e. The number of hydrogen-bond donors (Lipinski definition) is 1. The number of carbonyl (C=O) groups excluding carboxylic acids is 1. The van der Waals surface area contributed by atoms with E-state index in [1.54, 1.807) is 7.11 Å². The molecule has 0 aliphatic carbocycles. The van der Waals surface area contributed by atoms with Crippen LogP contribution < -0.4 is 5.32 Å². The fourth-order valence-electron chi connectivity index (χ4n) is 2.27. The normalized spacial score (nSPS) is 11.7. The van der Waals surface area contributed by atoms with E-state index >= 15 is 0 Å². The molecule has 1 amide bonds. The van der Waals surface area contributed by atoms with Crippen molar-refractivity contribution in [3.63, 3.8) is 0 Å². The maximum Gasteiger partial charge on any atom is 0.230 e. The van der Waals surface area contributed by atoms with E-state index in [2.05, 4.69) is 24.2 Å². The number of benzene rings is 1. The van der Waals surface area contributed by atoms with Gasteiger partial charge in [0.15, 0.2) is 0 Å². The second kappa shape index (κ2) is 8.91. The molecule has 124 valence electrons. The van der Waals surface area contributed by atoms with Crippen molar-refractivity contribution in [3.05, 3.63) is 35.4 Å². The minimum absolute atomic E-state index is 0.0710. The number of carbonyl (C=O) groups is 1. The number of rotatable bonds is 9. The summed E-state index contributed by atoms with van der Waals surface area (Å²) in [6.07, 6.45) is 1.01. The van der Waals surface area contributed by atoms with Gasteiger partial charge >= 0.3 is 0 Å². The zero-order valence-electron chi connectivity index (χ0n) is 14.6. The summed E-state index contributed by atoms with van der Waals surface area (Å²) in [5.74, 6) is 0.0710. The summed E-state index contributed by atoms with van der Waals surface area (Å²) in [6.45, 7) is 9.25. The third-order valence-corrected chi connectivity index (χ3v) is 4.01. The van der Waals surface area contributed by atoms with Gasteiger partial charge in [-0.15, -0.1) is 0 Å². The quantitative estimate of drug-likeness (QED) is 0.712. The van der Waals surface area contributed by atoms with Gasteiger partial charge in [0.2, 0.25) is 5.91 Å². The van der Waals surface area contributed by atoms with Crippen LogP contribution >= 0.6 is 0 Å². The number of nitrogens with zero attached hydrogens (tertiary/aromatic N) is 1. The number of aryl methyl sites for hydroxylation is 1. The van der Waals surface area contributed by atoms with Crippen LogP contribution in [0.3, 0.4) is 0 Å². The molecule has 0 fully saturated rings. The van der Waals surface area contributed by atoms with Gasteiger partial charge in [-0.25, -0.2) is 0 Å². The number of ether oxygens (including phenoxy) is 1. The number of hydrogen-bond acceptors (Lipinski definition) is 3. The Balaban J connectivity index is 2.42. The molecule has 0 bridgehead atoms. The number of likely N-dealkylation sites (N-methyl/N-ethyl adjacent to an activating group) is 1. The molecule has 0 spiro atoms. The first kappa shape index (κ1) is 18.7. The van der Waals surface area contributed by atoms with Gasteiger partial charge in [0, 0.05) is 33.4 Å². The Bertz CT molecular complexity index is 455. The fourth-order valence-corrected chi connectivity index (χ4v) is 2.27. The molecule has 1 N–H and O–H groups in total. The number of nitrogens with one attached hydrogen (secondary N) is 1. The zero-order chi connectivity index (χ0) is 16.6. The van der Waals surface area contributed by atoms with Crippen LogP contribution in [-0.2, 0) is 14.9 Å². The van der Waals surface area contributed by atoms with Gasteiger partial charge in [-0.3, -0.25) is 4.79 Å². The van der Waals surface area contributed by atoms with E-state index in [1.807, 2.05) is 38.1 Å². The van der Waals surface area contributed by atoms with E-state index < -0.39 is 5.41 Å². The Hall–Kier alpha value is -1.39. The number of methoxy groups -OCH3 is 1. The molecule has 4 heteroatoms. The summed E-state index contributed by atoms with van der Waals surface area (Å²) >= 11 is 0. The lowest BCUT2D eigenvalue weighted by atomic mass is 9.83. The highest BCUT2D eigenvalue weighted by molar-refractivity contribution is 5.87. The summed E-state index contributed by atoms with van der Waals surface area (Å²) in [6, 6.07) is 8.17. The highest BCUT2D eigenvalue weighted by Gasteiger charge is 2.29. The first-order valence-corrected chi connectivity index (χ1v) is 7.91. The van der Waals surface area contributed by atoms with Crippen molar-refractivity contribution in [2.45, 2.75) is 32.6 Å². The zero-order valence-corrected chi connectivity index (χ0v) is 14.6. The van der Waals surface area contributed by atoms with Gasteiger partial charge < -0.3 is 15.0 Å². The predicted octanol–water partition coefficient (Wildman–Crippen LogP) is 2.36. The smallest absolute Gasteiger partial charge is 0.230 e. The molecule has 0 saturated heterocycles. The molecule has 0 aromatic heterocycles. The molecule has 0 saturated carbocycles. The molecule has 0 heterocycles. The van der Waals surface area contributed by atoms with Crippen LogP contribution in [0.1, 0.15) is 31.4 Å². The van der Waals surface area contributed by atoms with Crippen molar-refractivity contribution in [1.82, 2.24) is 10.2 Å². The molecule has 0 aliphatic rings. The standard InChI is InChI=1S/C18H30N2O2/c1-15-7-9-16(10-8-15)18(2,3)17(21)19-11-13-20(4)12-6-14-22-5/h7-10H,6,11-14H2,1-5H3,(H,19,21). The minimum atomic E-state index is -0.512. The summed E-state index contributed by atoms with van der Waals surface area (Å²) in [4.78, 5) is 14.6. The summed E-state index contributed by atoms with van der Waals surface area (Å²) < 4.78 is 5.04. The minimum Gasteiger partial charge on any atom is -0.385 e. The van der Waals surface area contributed by atoms with Crippen LogP contribution in [0.25, 0.3) is 0 Å². The molecule has 1 aromatic carbocycles. The molecular formula is C18H30N2O2. The Labute approximate surface area is 134 Å². The lowest BCUT2D eigenvalue weighted by Gasteiger charge is -2.25. The van der Waals surface area contributed by atoms with Gasteiger partial charge in [-0.2, -0.15) is 0 Å². The van der Waals surface area contributed by atoms with E-state index in [9.17, 15) is 4.79 Å². The summed E-state index contributed by atoms with van der Waals surface area (Å²) in [5, 5.41) is 3.05. The van der Waals surface area contributed by atoms with Crippen LogP contribution in [-0.4, -0.2) is 51.2 Å². The average molecular weight is 306 g/mol. The van der Waals surface area contributed by atoms with Crippen molar-refractivity contribution in [2.24, 2.45) is 0 Å². The summed E-state index contributed by atoms with van der Waals surface area (Å²) in [5.41, 5.74) is 1.74. The molecule has 0 unspecified atom stereocenters. The highest BCUT2D eigenvalue weighted by atomic mass is 16.5. The Morgan fingerprint density at radius 3 is 2.45 bits per heavy atom. The highest BCUT2D eigenvalue weighted by Crippen LogP contribution is 2.23. The SMILES string of the molecule is COCCCN(C)CCNC(=O)C(C)(C)c1ccc(C)cc1. The van der Waals surface area contributed by atoms with Crippen LogP contribution in [0.4, 0.5) is 0 Å². The van der Waals surface area contributed by atoms with E-state index in [-0.39, 0.29) is 5.91 Å². The Morgan fingerprint density at radius 2 is 1.86 bits per heavy atom. The second-order valence-electron chi connectivity index (χ2n) is 6.40. The first-order chi connectivity index (χ1) is 10.4. The van der Waals surface area contributed by atoms with Crippen molar-refractivity contribution in [2.75, 3.05) is 40.4 Å². The third kappa shape index (κ3) is 5.78. The molecule has 1 aromatic rings. The van der Waals surface area contributed by atoms with Crippen molar-refractivity contribution >= 4 is 5.91 Å². The topological polar surface area (TPSA) is 41.6 Å². The van der Waals surface area contributed by atoms with Crippen molar-refractivity contribution in [3.8, 4) is 0 Å². The van der Waals surface area contributed by atoms with Gasteiger partial charge in [-0.1, -0.05) is 29.8 Å². The average Bonchev–Trinajstić information content (AvgIpc) is 2.47. The van der Waals surface area contributed by atoms with Crippen LogP contribution in [0.15, 0.2) is 24.3 Å². The molecule has 4 nitrogen and oxygen atoms in total. The Morgan fingerprint density at radius 1 is 1.23 bits per heavy atom. The van der Waals surface area contributed by atoms with Gasteiger partial charge in [-0.05, 0) is 39.8 Å². The van der Waals surface area contributed by atoms with Gasteiger partial charge in [0.25, 0.3) is 0 Å². The molecule has 1 rings (SSSR count). The molecular weight excluding hydrogens is 276 g/mol. The maximum absolute atomic E-state index is 12.4. The van der Waals surface area contributed by atoms with E-state index in [0.717, 1.165) is 31.7 Å². The van der Waals surface area contributed by atoms with Crippen LogP contribution in [0, 0.1) is 6.92 Å². The van der Waals surface area contributed by atoms with Crippen molar-refractivity contribution < 1.29 is 9.53 Å². The van der Waals surface area contributed by atoms with Gasteiger partial charge in [0.05, 0.1) is 5.41 Å². The first-order valence-electron chi connectivity index (χ1n) is 7.91. The van der Waals surface area contributed by atoms with E-state index in [4.69, 9.17) is 4.74 Å². The van der Waals surface area contributed by atoms with Crippen LogP contribution in [0.2, 0.25) is 0 Å². The monoisotopic (exact) mass is 306 g/mol. The molecule has 0 atom stereocenters. The lowest BCUT2D eigenvalue weighted by Crippen LogP contribution is -2.43. The van der Waals surface area contributed by atoms with E-state index in [1.165, 1.54) is 5.56 Å². The van der Waals surface area contributed by atoms with Crippen LogP contribution in [0.5, 0.6) is 0 Å². The third-order valence-electron chi connectivity index (χ3n) is 4.01. The fraction of sp³-hybridized carbons (Fsp3) is 0.611. The number of amides is 1.